The Balaban J connectivity index is 1.67. The first-order valence-electron chi connectivity index (χ1n) is 6.87. The number of nitrogens with zero attached hydrogens (tertiary/aromatic N) is 1. The molecular weight excluding hydrogens is 266 g/mol. The first kappa shape index (κ1) is 13.4. The minimum absolute atomic E-state index is 0.0844. The first-order valence-corrected chi connectivity index (χ1v) is 6.87. The summed E-state index contributed by atoms with van der Waals surface area (Å²) in [6.45, 7) is 2.14. The van der Waals surface area contributed by atoms with Gasteiger partial charge in [0.1, 0.15) is 0 Å². The van der Waals surface area contributed by atoms with E-state index >= 15 is 0 Å². The zero-order chi connectivity index (χ0) is 14.2. The number of hydrogen-bond donors (Lipinski definition) is 1. The highest BCUT2D eigenvalue weighted by atomic mass is 19.3. The largest absolute Gasteiger partial charge is 0.586 e. The Kier molecular flexibility index (Phi) is 3.41. The molecule has 4 nitrogen and oxygen atoms in total. The van der Waals surface area contributed by atoms with Gasteiger partial charge in [-0.1, -0.05) is 0 Å². The minimum atomic E-state index is -3.55. The van der Waals surface area contributed by atoms with Crippen LogP contribution in [0, 0.1) is 0 Å². The summed E-state index contributed by atoms with van der Waals surface area (Å²) >= 11 is 0. The maximum Gasteiger partial charge on any atom is 0.586 e. The summed E-state index contributed by atoms with van der Waals surface area (Å²) < 4.78 is 34.8. The molecule has 1 N–H and O–H groups in total. The summed E-state index contributed by atoms with van der Waals surface area (Å²) in [5.74, 6) is 0.173. The van der Waals surface area contributed by atoms with E-state index in [0.717, 1.165) is 38.0 Å². The summed E-state index contributed by atoms with van der Waals surface area (Å²) in [6.07, 6.45) is -0.293. The summed E-state index contributed by atoms with van der Waals surface area (Å²) in [6, 6.07) is 5.20. The van der Waals surface area contributed by atoms with Crippen LogP contribution in [0.3, 0.4) is 0 Å². The molecule has 20 heavy (non-hydrogen) atoms. The fourth-order valence-electron chi connectivity index (χ4n) is 2.66. The van der Waals surface area contributed by atoms with Crippen molar-refractivity contribution in [1.82, 2.24) is 4.90 Å². The van der Waals surface area contributed by atoms with Crippen LogP contribution in [-0.2, 0) is 0 Å². The molecule has 1 aromatic rings. The zero-order valence-corrected chi connectivity index (χ0v) is 11.4. The molecule has 2 heterocycles. The number of fused-ring (bicyclic) bond motifs is 1. The Morgan fingerprint density at radius 1 is 1.20 bits per heavy atom. The summed E-state index contributed by atoms with van der Waals surface area (Å²) in [5.41, 5.74) is 0.791. The van der Waals surface area contributed by atoms with Gasteiger partial charge in [-0.3, -0.25) is 0 Å². The van der Waals surface area contributed by atoms with Crippen LogP contribution in [0.4, 0.5) is 14.5 Å². The van der Waals surface area contributed by atoms with Gasteiger partial charge in [-0.25, -0.2) is 0 Å². The highest BCUT2D eigenvalue weighted by Crippen LogP contribution is 2.42. The molecule has 0 radical (unpaired) electrons. The Bertz CT molecular complexity index is 496. The second-order valence-electron chi connectivity index (χ2n) is 5.40. The number of likely N-dealkylation sites (tertiary alicyclic amines) is 1. The standard InChI is InChI=1S/C14H18F2N2O2/c1-18-7-2-3-10(6-8-18)17-11-4-5-12-13(9-11)20-14(15,16)19-12/h4-5,9-10,17H,2-3,6-8H2,1H3. The first-order chi connectivity index (χ1) is 9.52. The molecule has 0 aliphatic carbocycles. The average molecular weight is 284 g/mol. The quantitative estimate of drug-likeness (QED) is 0.905. The van der Waals surface area contributed by atoms with E-state index in [9.17, 15) is 8.78 Å². The summed E-state index contributed by atoms with van der Waals surface area (Å²) in [4.78, 5) is 2.31. The van der Waals surface area contributed by atoms with Crippen molar-refractivity contribution in [2.24, 2.45) is 0 Å². The number of benzene rings is 1. The van der Waals surface area contributed by atoms with Gasteiger partial charge in [-0.15, -0.1) is 8.78 Å². The van der Waals surface area contributed by atoms with E-state index in [1.807, 2.05) is 0 Å². The predicted octanol–water partition coefficient (Wildman–Crippen LogP) is 2.90. The highest BCUT2D eigenvalue weighted by Gasteiger charge is 2.43. The van der Waals surface area contributed by atoms with E-state index in [4.69, 9.17) is 0 Å². The maximum absolute atomic E-state index is 13.0. The lowest BCUT2D eigenvalue weighted by molar-refractivity contribution is -0.286. The van der Waals surface area contributed by atoms with Crippen molar-refractivity contribution < 1.29 is 18.3 Å². The van der Waals surface area contributed by atoms with Gasteiger partial charge in [-0.05, 0) is 51.5 Å². The Hall–Kier alpha value is -1.56. The van der Waals surface area contributed by atoms with E-state index in [2.05, 4.69) is 26.7 Å². The van der Waals surface area contributed by atoms with Crippen molar-refractivity contribution in [1.29, 1.82) is 0 Å². The number of ether oxygens (including phenoxy) is 2. The van der Waals surface area contributed by atoms with Crippen molar-refractivity contribution >= 4 is 5.69 Å². The number of anilines is 1. The fraction of sp³-hybridized carbons (Fsp3) is 0.571. The molecule has 2 aliphatic heterocycles. The van der Waals surface area contributed by atoms with Crippen molar-refractivity contribution in [2.45, 2.75) is 31.6 Å². The van der Waals surface area contributed by atoms with Gasteiger partial charge in [0.05, 0.1) is 0 Å². The zero-order valence-electron chi connectivity index (χ0n) is 11.4. The predicted molar refractivity (Wildman–Crippen MR) is 71.4 cm³/mol. The third-order valence-electron chi connectivity index (χ3n) is 3.72. The smallest absolute Gasteiger partial charge is 0.395 e. The SMILES string of the molecule is CN1CCCC(Nc2ccc3c(c2)OC(F)(F)O3)CC1. The van der Waals surface area contributed by atoms with Crippen molar-refractivity contribution in [2.75, 3.05) is 25.5 Å². The number of hydrogen-bond acceptors (Lipinski definition) is 4. The van der Waals surface area contributed by atoms with Gasteiger partial charge >= 0.3 is 6.29 Å². The molecule has 3 rings (SSSR count). The van der Waals surface area contributed by atoms with E-state index < -0.39 is 6.29 Å². The van der Waals surface area contributed by atoms with Gasteiger partial charge in [0.25, 0.3) is 0 Å². The normalized spacial score (nSPS) is 25.2. The number of nitrogens with one attached hydrogen (secondary N) is 1. The molecule has 0 saturated carbocycles. The second kappa shape index (κ2) is 5.09. The van der Waals surface area contributed by atoms with Crippen molar-refractivity contribution in [3.05, 3.63) is 18.2 Å². The van der Waals surface area contributed by atoms with Crippen molar-refractivity contribution in [3.8, 4) is 11.5 Å². The Morgan fingerprint density at radius 3 is 2.85 bits per heavy atom. The molecule has 6 heteroatoms. The molecule has 1 atom stereocenters. The third kappa shape index (κ3) is 2.95. The molecule has 110 valence electrons. The van der Waals surface area contributed by atoms with Gasteiger partial charge in [0.15, 0.2) is 11.5 Å². The number of rotatable bonds is 2. The van der Waals surface area contributed by atoms with E-state index in [0.29, 0.717) is 6.04 Å². The van der Waals surface area contributed by atoms with E-state index in [1.54, 1.807) is 12.1 Å². The molecule has 0 aromatic heterocycles. The molecule has 1 fully saturated rings. The van der Waals surface area contributed by atoms with Gasteiger partial charge in [0.2, 0.25) is 0 Å². The Morgan fingerprint density at radius 2 is 2.00 bits per heavy atom. The molecule has 1 saturated heterocycles. The maximum atomic E-state index is 13.0. The van der Waals surface area contributed by atoms with Crippen LogP contribution < -0.4 is 14.8 Å². The van der Waals surface area contributed by atoms with Crippen molar-refractivity contribution in [3.63, 3.8) is 0 Å². The summed E-state index contributed by atoms with van der Waals surface area (Å²) in [7, 11) is 2.12. The van der Waals surface area contributed by atoms with Crippen LogP contribution in [0.2, 0.25) is 0 Å². The Labute approximate surface area is 116 Å². The lowest BCUT2D eigenvalue weighted by Gasteiger charge is -2.18. The lowest BCUT2D eigenvalue weighted by Crippen LogP contribution is -2.26. The number of halogens is 2. The minimum Gasteiger partial charge on any atom is -0.395 e. The average Bonchev–Trinajstić information content (AvgIpc) is 2.53. The topological polar surface area (TPSA) is 33.7 Å². The van der Waals surface area contributed by atoms with Crippen LogP contribution in [0.5, 0.6) is 11.5 Å². The molecule has 0 amide bonds. The van der Waals surface area contributed by atoms with Gasteiger partial charge in [-0.2, -0.15) is 0 Å². The second-order valence-corrected chi connectivity index (χ2v) is 5.40. The van der Waals surface area contributed by atoms with Crippen LogP contribution in [0.1, 0.15) is 19.3 Å². The van der Waals surface area contributed by atoms with Crippen LogP contribution in [0.25, 0.3) is 0 Å². The van der Waals surface area contributed by atoms with Gasteiger partial charge in [0, 0.05) is 17.8 Å². The van der Waals surface area contributed by atoms with E-state index in [1.165, 1.54) is 6.07 Å². The van der Waals surface area contributed by atoms with Crippen LogP contribution in [-0.4, -0.2) is 37.4 Å². The monoisotopic (exact) mass is 284 g/mol. The van der Waals surface area contributed by atoms with Gasteiger partial charge < -0.3 is 19.7 Å². The lowest BCUT2D eigenvalue weighted by atomic mass is 10.1. The van der Waals surface area contributed by atoms with E-state index in [-0.39, 0.29) is 11.5 Å². The molecule has 2 aliphatic rings. The molecular formula is C14H18F2N2O2. The molecule has 1 aromatic carbocycles. The molecule has 0 spiro atoms. The number of alkyl halides is 2. The van der Waals surface area contributed by atoms with Crippen LogP contribution in [0.15, 0.2) is 18.2 Å². The molecule has 0 bridgehead atoms. The van der Waals surface area contributed by atoms with Crippen LogP contribution >= 0.6 is 0 Å². The highest BCUT2D eigenvalue weighted by molar-refractivity contribution is 5.56. The molecule has 1 unspecified atom stereocenters. The summed E-state index contributed by atoms with van der Waals surface area (Å²) in [5, 5.41) is 3.39. The fourth-order valence-corrected chi connectivity index (χ4v) is 2.66. The third-order valence-corrected chi connectivity index (χ3v) is 3.72.